The second-order valence-corrected chi connectivity index (χ2v) is 4.33. The van der Waals surface area contributed by atoms with Gasteiger partial charge in [-0.1, -0.05) is 0 Å². The number of carbonyl (C=O) groups excluding carboxylic acids is 1. The third kappa shape index (κ3) is 2.75. The molecule has 9 heteroatoms. The number of carbonyl (C=O) groups is 2. The van der Waals surface area contributed by atoms with Crippen LogP contribution in [0.25, 0.3) is 0 Å². The molecule has 2 aromatic carbocycles. The summed E-state index contributed by atoms with van der Waals surface area (Å²) < 4.78 is 4.73. The van der Waals surface area contributed by atoms with E-state index < -0.39 is 57.6 Å². The maximum absolute atomic E-state index is 11.9. The van der Waals surface area contributed by atoms with Crippen molar-refractivity contribution >= 4 is 11.9 Å². The number of rotatable bonds is 3. The highest BCUT2D eigenvalue weighted by Crippen LogP contribution is 2.40. The molecule has 0 bridgehead atoms. The smallest absolute Gasteiger partial charge is 0.347 e. The largest absolute Gasteiger partial charge is 0.504 e. The third-order valence-electron chi connectivity index (χ3n) is 2.90. The van der Waals surface area contributed by atoms with Crippen molar-refractivity contribution in [1.82, 2.24) is 0 Å². The number of phenolic OH excluding ortho intramolecular Hbond substituents is 4. The summed E-state index contributed by atoms with van der Waals surface area (Å²) in [7, 11) is 0. The molecular formula is C14H10O9. The van der Waals surface area contributed by atoms with Gasteiger partial charge in [-0.15, -0.1) is 0 Å². The monoisotopic (exact) mass is 322 g/mol. The number of aromatic carboxylic acids is 1. The lowest BCUT2D eigenvalue weighted by atomic mass is 10.1. The summed E-state index contributed by atoms with van der Waals surface area (Å²) in [6, 6.07) is 3.70. The molecule has 0 spiro atoms. The SMILES string of the molecule is O=C(Oc1ccc(C(=O)O)c(O)c1O)c1ccc(O)c(O)c1O. The van der Waals surface area contributed by atoms with Crippen LogP contribution in [0, 0.1) is 0 Å². The first-order chi connectivity index (χ1) is 10.7. The molecule has 23 heavy (non-hydrogen) atoms. The predicted octanol–water partition coefficient (Wildman–Crippen LogP) is 1.13. The standard InChI is InChI=1S/C14H10O9/c15-7-3-1-6(10(17)11(7)18)14(22)23-8-4-2-5(13(20)21)9(16)12(8)19/h1-4,15-19H,(H,20,21). The first kappa shape index (κ1) is 15.8. The molecule has 0 fully saturated rings. The predicted molar refractivity (Wildman–Crippen MR) is 73.1 cm³/mol. The minimum Gasteiger partial charge on any atom is -0.504 e. The van der Waals surface area contributed by atoms with Gasteiger partial charge in [-0.3, -0.25) is 0 Å². The van der Waals surface area contributed by atoms with Crippen LogP contribution in [-0.4, -0.2) is 42.6 Å². The summed E-state index contributed by atoms with van der Waals surface area (Å²) in [5, 5.41) is 56.0. The van der Waals surface area contributed by atoms with Crippen LogP contribution in [0.5, 0.6) is 34.5 Å². The van der Waals surface area contributed by atoms with Crippen molar-refractivity contribution in [3.05, 3.63) is 35.4 Å². The van der Waals surface area contributed by atoms with Gasteiger partial charge < -0.3 is 35.4 Å². The van der Waals surface area contributed by atoms with Crippen molar-refractivity contribution < 1.29 is 45.0 Å². The van der Waals surface area contributed by atoms with Gasteiger partial charge in [0, 0.05) is 0 Å². The second-order valence-electron chi connectivity index (χ2n) is 4.33. The number of benzene rings is 2. The zero-order valence-electron chi connectivity index (χ0n) is 11.2. The molecule has 0 aliphatic carbocycles. The van der Waals surface area contributed by atoms with Gasteiger partial charge in [0.25, 0.3) is 0 Å². The number of ether oxygens (including phenoxy) is 1. The van der Waals surface area contributed by atoms with Gasteiger partial charge in [0.15, 0.2) is 23.0 Å². The lowest BCUT2D eigenvalue weighted by Crippen LogP contribution is -2.09. The van der Waals surface area contributed by atoms with E-state index in [0.29, 0.717) is 0 Å². The minimum absolute atomic E-state index is 0.526. The molecule has 0 atom stereocenters. The summed E-state index contributed by atoms with van der Waals surface area (Å²) in [6.07, 6.45) is 0. The fraction of sp³-hybridized carbons (Fsp3) is 0. The minimum atomic E-state index is -1.50. The number of carboxylic acid groups (broad SMARTS) is 1. The van der Waals surface area contributed by atoms with Gasteiger partial charge in [-0.2, -0.15) is 0 Å². The Bertz CT molecular complexity index is 810. The molecule has 0 heterocycles. The highest BCUT2D eigenvalue weighted by Gasteiger charge is 2.23. The number of hydrogen-bond acceptors (Lipinski definition) is 8. The molecule has 9 nitrogen and oxygen atoms in total. The van der Waals surface area contributed by atoms with Crippen molar-refractivity contribution in [3.63, 3.8) is 0 Å². The average molecular weight is 322 g/mol. The third-order valence-corrected chi connectivity index (χ3v) is 2.90. The normalized spacial score (nSPS) is 10.3. The summed E-state index contributed by atoms with van der Waals surface area (Å²) in [4.78, 5) is 22.7. The van der Waals surface area contributed by atoms with E-state index in [1.807, 2.05) is 0 Å². The number of aromatic hydroxyl groups is 5. The van der Waals surface area contributed by atoms with Crippen molar-refractivity contribution in [2.75, 3.05) is 0 Å². The molecule has 0 aromatic heterocycles. The second kappa shape index (κ2) is 5.64. The Morgan fingerprint density at radius 1 is 0.739 bits per heavy atom. The molecule has 0 amide bonds. The summed E-state index contributed by atoms with van der Waals surface area (Å²) >= 11 is 0. The molecular weight excluding hydrogens is 312 g/mol. The first-order valence-electron chi connectivity index (χ1n) is 5.98. The van der Waals surface area contributed by atoms with E-state index in [-0.39, 0.29) is 0 Å². The van der Waals surface area contributed by atoms with Crippen LogP contribution in [-0.2, 0) is 0 Å². The molecule has 0 saturated carbocycles. The van der Waals surface area contributed by atoms with Gasteiger partial charge >= 0.3 is 11.9 Å². The van der Waals surface area contributed by atoms with Crippen molar-refractivity contribution in [1.29, 1.82) is 0 Å². The van der Waals surface area contributed by atoms with E-state index >= 15 is 0 Å². The Morgan fingerprint density at radius 3 is 1.91 bits per heavy atom. The van der Waals surface area contributed by atoms with Crippen molar-refractivity contribution in [2.45, 2.75) is 0 Å². The van der Waals surface area contributed by atoms with E-state index in [0.717, 1.165) is 24.3 Å². The van der Waals surface area contributed by atoms with E-state index in [9.17, 15) is 30.0 Å². The quantitative estimate of drug-likeness (QED) is 0.276. The molecule has 0 saturated heterocycles. The fourth-order valence-electron chi connectivity index (χ4n) is 1.70. The number of phenols is 5. The molecule has 0 unspecified atom stereocenters. The Kier molecular flexibility index (Phi) is 3.86. The van der Waals surface area contributed by atoms with Gasteiger partial charge in [0.05, 0.1) is 0 Å². The van der Waals surface area contributed by atoms with Crippen molar-refractivity contribution in [3.8, 4) is 34.5 Å². The highest BCUT2D eigenvalue weighted by molar-refractivity contribution is 5.96. The van der Waals surface area contributed by atoms with Crippen molar-refractivity contribution in [2.24, 2.45) is 0 Å². The lowest BCUT2D eigenvalue weighted by molar-refractivity contribution is 0.0692. The van der Waals surface area contributed by atoms with E-state index in [1.54, 1.807) is 0 Å². The zero-order valence-corrected chi connectivity index (χ0v) is 11.2. The van der Waals surface area contributed by atoms with E-state index in [4.69, 9.17) is 14.9 Å². The van der Waals surface area contributed by atoms with Gasteiger partial charge in [0.1, 0.15) is 11.1 Å². The molecule has 6 N–H and O–H groups in total. The van der Waals surface area contributed by atoms with Crippen LogP contribution in [0.1, 0.15) is 20.7 Å². The number of carboxylic acids is 1. The Hall–Kier alpha value is -3.62. The van der Waals surface area contributed by atoms with Crippen LogP contribution in [0.3, 0.4) is 0 Å². The molecule has 0 aliphatic heterocycles. The Balaban J connectivity index is 2.37. The Labute approximate surface area is 127 Å². The fourth-order valence-corrected chi connectivity index (χ4v) is 1.70. The van der Waals surface area contributed by atoms with E-state index in [2.05, 4.69) is 0 Å². The summed E-state index contributed by atoms with van der Waals surface area (Å²) in [5.41, 5.74) is -1.13. The van der Waals surface area contributed by atoms with Gasteiger partial charge in [-0.05, 0) is 24.3 Å². The zero-order chi connectivity index (χ0) is 17.3. The summed E-state index contributed by atoms with van der Waals surface area (Å²) in [6.45, 7) is 0. The lowest BCUT2D eigenvalue weighted by Gasteiger charge is -2.10. The molecule has 2 aromatic rings. The topological polar surface area (TPSA) is 165 Å². The number of hydrogen-bond donors (Lipinski definition) is 6. The highest BCUT2D eigenvalue weighted by atomic mass is 16.5. The van der Waals surface area contributed by atoms with Crippen LogP contribution in [0.15, 0.2) is 24.3 Å². The average Bonchev–Trinajstić information content (AvgIpc) is 2.49. The molecule has 2 rings (SSSR count). The molecule has 0 radical (unpaired) electrons. The molecule has 120 valence electrons. The maximum atomic E-state index is 11.9. The van der Waals surface area contributed by atoms with Gasteiger partial charge in [0.2, 0.25) is 11.5 Å². The van der Waals surface area contributed by atoms with Crippen LogP contribution in [0.4, 0.5) is 0 Å². The van der Waals surface area contributed by atoms with Crippen LogP contribution >= 0.6 is 0 Å². The summed E-state index contributed by atoms with van der Waals surface area (Å²) in [5.74, 6) is -7.82. The number of esters is 1. The Morgan fingerprint density at radius 2 is 1.30 bits per heavy atom. The van der Waals surface area contributed by atoms with E-state index in [1.165, 1.54) is 0 Å². The first-order valence-corrected chi connectivity index (χ1v) is 5.98. The maximum Gasteiger partial charge on any atom is 0.347 e. The van der Waals surface area contributed by atoms with Crippen LogP contribution in [0.2, 0.25) is 0 Å². The van der Waals surface area contributed by atoms with Crippen LogP contribution < -0.4 is 4.74 Å². The van der Waals surface area contributed by atoms with Gasteiger partial charge in [-0.25, -0.2) is 9.59 Å². The molecule has 0 aliphatic rings.